The molecule has 32 heavy (non-hydrogen) atoms. The Morgan fingerprint density at radius 3 is 2.72 bits per heavy atom. The maximum absolute atomic E-state index is 13.2. The molecule has 2 aromatic heterocycles. The molecular weight excluding hydrogens is 432 g/mol. The van der Waals surface area contributed by atoms with Crippen LogP contribution in [0.3, 0.4) is 0 Å². The highest BCUT2D eigenvalue weighted by Crippen LogP contribution is 2.28. The number of benzene rings is 1. The molecule has 9 nitrogen and oxygen atoms in total. The second-order valence-corrected chi connectivity index (χ2v) is 10.2. The average molecular weight is 461 g/mol. The number of aromatic amines is 2. The predicted octanol–water partition coefficient (Wildman–Crippen LogP) is 2.29. The third kappa shape index (κ3) is 4.17. The minimum atomic E-state index is -3.74. The Kier molecular flexibility index (Phi) is 6.36. The first-order valence-corrected chi connectivity index (χ1v) is 12.3. The van der Waals surface area contributed by atoms with E-state index < -0.39 is 16.0 Å². The van der Waals surface area contributed by atoms with E-state index in [0.717, 1.165) is 25.9 Å². The summed E-state index contributed by atoms with van der Waals surface area (Å²) >= 11 is 0. The molecule has 0 aliphatic carbocycles. The van der Waals surface area contributed by atoms with Crippen molar-refractivity contribution in [3.8, 4) is 0 Å². The molecule has 0 bridgehead atoms. The zero-order valence-corrected chi connectivity index (χ0v) is 19.1. The van der Waals surface area contributed by atoms with Crippen LogP contribution in [0.5, 0.6) is 0 Å². The predicted molar refractivity (Wildman–Crippen MR) is 122 cm³/mol. The van der Waals surface area contributed by atoms with E-state index >= 15 is 0 Å². The van der Waals surface area contributed by atoms with Crippen LogP contribution in [0, 0.1) is 0 Å². The molecule has 1 saturated heterocycles. The Hall–Kier alpha value is -2.69. The molecule has 172 valence electrons. The van der Waals surface area contributed by atoms with E-state index in [4.69, 9.17) is 4.74 Å². The number of likely N-dealkylation sites (tertiary alicyclic amines) is 1. The molecular formula is C22H28N4O5S. The van der Waals surface area contributed by atoms with Crippen LogP contribution in [0.1, 0.15) is 36.5 Å². The number of likely N-dealkylation sites (N-methyl/N-ethyl adjacent to an activating group) is 1. The van der Waals surface area contributed by atoms with Crippen molar-refractivity contribution in [2.75, 3.05) is 39.8 Å². The lowest BCUT2D eigenvalue weighted by Gasteiger charge is -2.21. The monoisotopic (exact) mass is 460 g/mol. The minimum absolute atomic E-state index is 0.108. The summed E-state index contributed by atoms with van der Waals surface area (Å²) in [5.74, 6) is -0.555. The zero-order valence-electron chi connectivity index (χ0n) is 18.3. The van der Waals surface area contributed by atoms with Gasteiger partial charge in [-0.05, 0) is 50.6 Å². The Bertz CT molecular complexity index is 1310. The minimum Gasteiger partial charge on any atom is -0.462 e. The number of nitrogens with zero attached hydrogens (tertiary/aromatic N) is 2. The van der Waals surface area contributed by atoms with Crippen molar-refractivity contribution >= 4 is 37.8 Å². The van der Waals surface area contributed by atoms with E-state index in [1.165, 1.54) is 22.6 Å². The van der Waals surface area contributed by atoms with E-state index in [1.807, 2.05) is 6.92 Å². The van der Waals surface area contributed by atoms with Crippen molar-refractivity contribution in [1.29, 1.82) is 0 Å². The second kappa shape index (κ2) is 9.05. The van der Waals surface area contributed by atoms with Crippen LogP contribution in [0.4, 0.5) is 0 Å². The summed E-state index contributed by atoms with van der Waals surface area (Å²) in [6.45, 7) is 5.22. The van der Waals surface area contributed by atoms with E-state index in [0.29, 0.717) is 35.8 Å². The molecule has 1 fully saturated rings. The molecule has 0 saturated carbocycles. The number of carbonyl (C=O) groups is 1. The molecule has 1 aromatic carbocycles. The van der Waals surface area contributed by atoms with Crippen LogP contribution in [-0.4, -0.2) is 73.4 Å². The number of aromatic nitrogens is 2. The van der Waals surface area contributed by atoms with Crippen LogP contribution < -0.4 is 5.56 Å². The molecule has 0 unspecified atom stereocenters. The summed E-state index contributed by atoms with van der Waals surface area (Å²) in [5.41, 5.74) is 0.477. The van der Waals surface area contributed by atoms with Crippen LogP contribution in [0.25, 0.3) is 21.8 Å². The summed E-state index contributed by atoms with van der Waals surface area (Å²) in [6.07, 6.45) is 4.40. The van der Waals surface area contributed by atoms with E-state index in [-0.39, 0.29) is 28.1 Å². The number of fused-ring (bicyclic) bond motifs is 3. The van der Waals surface area contributed by atoms with Crippen molar-refractivity contribution in [3.63, 3.8) is 0 Å². The Balaban J connectivity index is 1.74. The highest BCUT2D eigenvalue weighted by molar-refractivity contribution is 7.89. The molecule has 3 aromatic rings. The molecule has 1 aliphatic heterocycles. The molecule has 0 radical (unpaired) electrons. The standard InChI is InChI=1S/C22H28N4O5S/c1-3-12-31-22(28)17-14-23-20-19(17)16-13-15(6-7-18(16)24-21(20)27)32(29,30)25(2)10-11-26-8-4-5-9-26/h6-7,13-14,23H,3-5,8-12H2,1-2H3,(H,24,27). The first-order chi connectivity index (χ1) is 15.3. The van der Waals surface area contributed by atoms with Gasteiger partial charge in [0.05, 0.1) is 17.1 Å². The summed E-state index contributed by atoms with van der Waals surface area (Å²) in [6, 6.07) is 4.55. The largest absolute Gasteiger partial charge is 0.462 e. The number of hydrogen-bond acceptors (Lipinski definition) is 6. The van der Waals surface area contributed by atoms with Gasteiger partial charge in [0.25, 0.3) is 5.56 Å². The first kappa shape index (κ1) is 22.5. The Labute approximate surface area is 186 Å². The quantitative estimate of drug-likeness (QED) is 0.499. The number of esters is 1. The van der Waals surface area contributed by atoms with Crippen LogP contribution in [-0.2, 0) is 14.8 Å². The Morgan fingerprint density at radius 1 is 1.25 bits per heavy atom. The molecule has 3 heterocycles. The maximum Gasteiger partial charge on any atom is 0.340 e. The number of sulfonamides is 1. The van der Waals surface area contributed by atoms with Gasteiger partial charge in [0.1, 0.15) is 5.52 Å². The fraction of sp³-hybridized carbons (Fsp3) is 0.455. The van der Waals surface area contributed by atoms with E-state index in [9.17, 15) is 18.0 Å². The number of ether oxygens (including phenoxy) is 1. The third-order valence-electron chi connectivity index (χ3n) is 5.91. The number of pyridine rings is 1. The molecule has 2 N–H and O–H groups in total. The SMILES string of the molecule is CCCOC(=O)c1c[nH]c2c(=O)[nH]c3ccc(S(=O)(=O)N(C)CCN4CCCC4)cc3c12. The molecule has 1 aliphatic rings. The summed E-state index contributed by atoms with van der Waals surface area (Å²) in [4.78, 5) is 33.0. The number of hydrogen-bond donors (Lipinski definition) is 2. The van der Waals surface area contributed by atoms with E-state index in [2.05, 4.69) is 14.9 Å². The molecule has 4 rings (SSSR count). The van der Waals surface area contributed by atoms with Crippen molar-refractivity contribution in [2.24, 2.45) is 0 Å². The molecule has 0 amide bonds. The molecule has 10 heteroatoms. The summed E-state index contributed by atoms with van der Waals surface area (Å²) < 4.78 is 33.0. The number of carbonyl (C=O) groups excluding carboxylic acids is 1. The number of nitrogens with one attached hydrogen (secondary N) is 2. The smallest absolute Gasteiger partial charge is 0.340 e. The number of H-pyrrole nitrogens is 2. The van der Waals surface area contributed by atoms with Gasteiger partial charge in [-0.25, -0.2) is 13.2 Å². The summed E-state index contributed by atoms with van der Waals surface area (Å²) in [5, 5.41) is 0.833. The van der Waals surface area contributed by atoms with Gasteiger partial charge in [0, 0.05) is 42.6 Å². The lowest BCUT2D eigenvalue weighted by Crippen LogP contribution is -2.35. The first-order valence-electron chi connectivity index (χ1n) is 10.9. The average Bonchev–Trinajstić information content (AvgIpc) is 3.46. The van der Waals surface area contributed by atoms with Crippen LogP contribution in [0.2, 0.25) is 0 Å². The highest BCUT2D eigenvalue weighted by atomic mass is 32.2. The molecule has 0 spiro atoms. The van der Waals surface area contributed by atoms with Crippen LogP contribution in [0.15, 0.2) is 34.1 Å². The van der Waals surface area contributed by atoms with Gasteiger partial charge in [0.2, 0.25) is 10.0 Å². The topological polar surface area (TPSA) is 116 Å². The normalized spacial score (nSPS) is 15.2. The van der Waals surface area contributed by atoms with Crippen molar-refractivity contribution in [3.05, 3.63) is 40.3 Å². The van der Waals surface area contributed by atoms with Gasteiger partial charge in [0.15, 0.2) is 0 Å². The van der Waals surface area contributed by atoms with Crippen molar-refractivity contribution < 1.29 is 17.9 Å². The number of rotatable bonds is 8. The Morgan fingerprint density at radius 2 is 2.00 bits per heavy atom. The van der Waals surface area contributed by atoms with Gasteiger partial charge in [-0.1, -0.05) is 6.92 Å². The lowest BCUT2D eigenvalue weighted by atomic mass is 10.1. The van der Waals surface area contributed by atoms with Crippen molar-refractivity contribution in [1.82, 2.24) is 19.2 Å². The fourth-order valence-corrected chi connectivity index (χ4v) is 5.28. The lowest BCUT2D eigenvalue weighted by molar-refractivity contribution is 0.0507. The maximum atomic E-state index is 13.2. The van der Waals surface area contributed by atoms with Crippen molar-refractivity contribution in [2.45, 2.75) is 31.1 Å². The zero-order chi connectivity index (χ0) is 22.9. The molecule has 0 atom stereocenters. The van der Waals surface area contributed by atoms with Gasteiger partial charge < -0.3 is 19.6 Å². The van der Waals surface area contributed by atoms with Gasteiger partial charge in [-0.2, -0.15) is 4.31 Å². The van der Waals surface area contributed by atoms with Crippen LogP contribution >= 0.6 is 0 Å². The fourth-order valence-electron chi connectivity index (χ4n) is 4.09. The highest BCUT2D eigenvalue weighted by Gasteiger charge is 2.24. The van der Waals surface area contributed by atoms with Gasteiger partial charge >= 0.3 is 5.97 Å². The van der Waals surface area contributed by atoms with E-state index in [1.54, 1.807) is 13.1 Å². The second-order valence-electron chi connectivity index (χ2n) is 8.13. The van der Waals surface area contributed by atoms with Gasteiger partial charge in [-0.15, -0.1) is 0 Å². The van der Waals surface area contributed by atoms with Gasteiger partial charge in [-0.3, -0.25) is 4.79 Å². The summed E-state index contributed by atoms with van der Waals surface area (Å²) in [7, 11) is -2.17. The third-order valence-corrected chi connectivity index (χ3v) is 7.76.